The second kappa shape index (κ2) is 19.7. The Kier molecular flexibility index (Phi) is 16.7. The predicted molar refractivity (Wildman–Crippen MR) is 228 cm³/mol. The summed E-state index contributed by atoms with van der Waals surface area (Å²) in [5.74, 6) is 0. The lowest BCUT2D eigenvalue weighted by molar-refractivity contribution is -0.511. The summed E-state index contributed by atoms with van der Waals surface area (Å²) in [6, 6.07) is 3.20. The molecule has 1 aromatic heterocycles. The molecule has 344 valence electrons. The van der Waals surface area contributed by atoms with E-state index in [1.807, 2.05) is 60.5 Å². The molecule has 4 aliphatic rings. The first-order chi connectivity index (χ1) is 27.4. The molecule has 1 aromatic rings. The van der Waals surface area contributed by atoms with Gasteiger partial charge in [0.1, 0.15) is 11.2 Å². The van der Waals surface area contributed by atoms with Crippen LogP contribution in [0.2, 0.25) is 0 Å². The second-order valence-electron chi connectivity index (χ2n) is 19.0. The lowest BCUT2D eigenvalue weighted by Gasteiger charge is -2.40. The standard InChI is InChI=1S/C14H27N3O4S.C13H25N3O2.C12H19N3O4S/c1-13(2,3)21-12(18)16-7-9-17(10-8-16)14(5-6-14)11-15-22(4,19)20;1-12(2,3)18-11(17)15-6-8-16(9-7-15)13(10-14)4-5-13;1-12(2,3)19-11(16)13-20(17,18)15-8-6-10(7-9-15)14(4)5/h15H,5-11H2,1-4H3;4-10,14H2,1-3H3;6-9H,1-5H3. The summed E-state index contributed by atoms with van der Waals surface area (Å²) < 4.78 is 68.5. The zero-order valence-electron chi connectivity index (χ0n) is 37.8. The fourth-order valence-electron chi connectivity index (χ4n) is 6.47. The molecule has 60 heavy (non-hydrogen) atoms. The van der Waals surface area contributed by atoms with Gasteiger partial charge in [0.05, 0.1) is 6.26 Å². The van der Waals surface area contributed by atoms with Crippen LogP contribution in [0, 0.1) is 0 Å². The Morgan fingerprint density at radius 1 is 0.750 bits per heavy atom. The van der Waals surface area contributed by atoms with E-state index in [1.165, 1.54) is 31.5 Å². The average molecular weight is 890 g/mol. The number of pyridine rings is 1. The van der Waals surface area contributed by atoms with E-state index < -0.39 is 43.1 Å². The zero-order chi connectivity index (χ0) is 45.5. The molecule has 21 heteroatoms. The molecule has 2 saturated heterocycles. The summed E-state index contributed by atoms with van der Waals surface area (Å²) in [6.45, 7) is 23.4. The van der Waals surface area contributed by atoms with Crippen LogP contribution in [0.3, 0.4) is 0 Å². The number of carbonyl (C=O) groups is 2. The number of hydrogen-bond acceptors (Lipinski definition) is 14. The van der Waals surface area contributed by atoms with Crippen LogP contribution >= 0.6 is 0 Å². The summed E-state index contributed by atoms with van der Waals surface area (Å²) in [5.41, 5.74) is 5.17. The summed E-state index contributed by atoms with van der Waals surface area (Å²) in [7, 11) is -3.62. The van der Waals surface area contributed by atoms with Gasteiger partial charge in [0.2, 0.25) is 10.0 Å². The summed E-state index contributed by atoms with van der Waals surface area (Å²) in [6.07, 6.45) is 6.63. The summed E-state index contributed by atoms with van der Waals surface area (Å²) in [5, 5.41) is 11.4. The number of sulfonamides is 1. The number of rotatable bonds is 9. The van der Waals surface area contributed by atoms with Crippen molar-refractivity contribution in [3.63, 3.8) is 0 Å². The van der Waals surface area contributed by atoms with Gasteiger partial charge in [-0.1, -0.05) is 29.1 Å². The number of aromatic nitrogens is 1. The van der Waals surface area contributed by atoms with E-state index in [-0.39, 0.29) is 23.3 Å². The molecule has 0 radical (unpaired) electrons. The van der Waals surface area contributed by atoms with E-state index in [0.29, 0.717) is 19.6 Å². The lowest BCUT2D eigenvalue weighted by Crippen LogP contribution is -2.56. The Bertz CT molecular complexity index is 1830. The number of piperazine rings is 2. The fraction of sp³-hybridized carbons (Fsp3) is 0.795. The smallest absolute Gasteiger partial charge is 0.493 e. The number of amides is 2. The van der Waals surface area contributed by atoms with E-state index >= 15 is 0 Å². The Balaban J connectivity index is 0.000000241. The first-order valence-corrected chi connectivity index (χ1v) is 23.7. The van der Waals surface area contributed by atoms with Crippen LogP contribution in [0.4, 0.5) is 15.3 Å². The highest BCUT2D eigenvalue weighted by atomic mass is 32.2. The molecule has 0 atom stereocenters. The van der Waals surface area contributed by atoms with Crippen molar-refractivity contribution >= 4 is 44.2 Å². The van der Waals surface area contributed by atoms with Crippen molar-refractivity contribution in [3.8, 4) is 0 Å². The van der Waals surface area contributed by atoms with E-state index in [4.69, 9.17) is 19.9 Å². The number of nitrogens with one attached hydrogen (secondary N) is 1. The molecule has 2 aliphatic carbocycles. The molecule has 0 unspecified atom stereocenters. The first-order valence-electron chi connectivity index (χ1n) is 20.4. The SMILES string of the molecule is CC(C)(C)OC(=O)N1CCN(C2(CN)CC2)CC1.CC(C)(C)OC(=O)N1CCN(C2(CNS(C)(=O)=O)CC2)CC1.CN(C)c1cc[n+](S(=O)(=O)N=C([O-])OC(C)(C)C)cc1. The van der Waals surface area contributed by atoms with E-state index in [2.05, 4.69) is 18.9 Å². The predicted octanol–water partition coefficient (Wildman–Crippen LogP) is 1.32. The number of carbonyl (C=O) groups excluding carboxylic acids is 2. The van der Waals surface area contributed by atoms with E-state index in [9.17, 15) is 31.5 Å². The van der Waals surface area contributed by atoms with Crippen LogP contribution < -0.4 is 24.4 Å². The molecule has 4 fully saturated rings. The van der Waals surface area contributed by atoms with Gasteiger partial charge in [-0.2, -0.15) is 0 Å². The van der Waals surface area contributed by atoms with Gasteiger partial charge in [-0.05, 0) is 67.2 Å². The maximum Gasteiger partial charge on any atom is 0.493 e. The molecule has 3 N–H and O–H groups in total. The Morgan fingerprint density at radius 2 is 1.13 bits per heavy atom. The Morgan fingerprint density at radius 3 is 1.45 bits per heavy atom. The number of nitrogens with two attached hydrogens (primary N) is 1. The van der Waals surface area contributed by atoms with Crippen molar-refractivity contribution in [3.05, 3.63) is 24.5 Å². The van der Waals surface area contributed by atoms with Gasteiger partial charge in [-0.3, -0.25) is 9.80 Å². The zero-order valence-corrected chi connectivity index (χ0v) is 39.4. The summed E-state index contributed by atoms with van der Waals surface area (Å²) >= 11 is 0. The second-order valence-corrected chi connectivity index (χ2v) is 22.3. The third-order valence-electron chi connectivity index (χ3n) is 10.1. The molecular weight excluding hydrogens is 819 g/mol. The maximum absolute atomic E-state index is 12.0. The third-order valence-corrected chi connectivity index (χ3v) is 11.9. The molecule has 2 saturated carbocycles. The molecular formula is C39H71N9O10S2. The molecule has 0 bridgehead atoms. The van der Waals surface area contributed by atoms with Crippen molar-refractivity contribution in [2.24, 2.45) is 10.1 Å². The number of anilines is 1. The van der Waals surface area contributed by atoms with Crippen molar-refractivity contribution in [2.45, 2.75) is 116 Å². The van der Waals surface area contributed by atoms with Crippen LogP contribution in [-0.4, -0.2) is 168 Å². The Labute approximate surface area is 358 Å². The van der Waals surface area contributed by atoms with E-state index in [0.717, 1.165) is 68.3 Å². The van der Waals surface area contributed by atoms with Gasteiger partial charge in [-0.15, -0.1) is 8.42 Å². The largest absolute Gasteiger partial charge is 0.594 e. The van der Waals surface area contributed by atoms with Crippen molar-refractivity contribution in [1.82, 2.24) is 24.3 Å². The average Bonchev–Trinajstić information content (AvgIpc) is 4.05. The summed E-state index contributed by atoms with van der Waals surface area (Å²) in [4.78, 5) is 34.0. The molecule has 3 heterocycles. The quantitative estimate of drug-likeness (QED) is 0.203. The topological polar surface area (TPSA) is 224 Å². The van der Waals surface area contributed by atoms with Gasteiger partial charge >= 0.3 is 22.4 Å². The minimum atomic E-state index is -4.13. The third kappa shape index (κ3) is 16.8. The van der Waals surface area contributed by atoms with Crippen molar-refractivity contribution in [2.75, 3.05) is 90.7 Å². The minimum Gasteiger partial charge on any atom is -0.594 e. The van der Waals surface area contributed by atoms with Crippen LogP contribution in [-0.2, 0) is 34.4 Å². The number of ether oxygens (including phenoxy) is 3. The highest BCUT2D eigenvalue weighted by Crippen LogP contribution is 2.42. The van der Waals surface area contributed by atoms with Gasteiger partial charge in [0, 0.05) is 114 Å². The number of hydrogen-bond donors (Lipinski definition) is 2. The number of nitrogens with zero attached hydrogens (tertiary/aromatic N) is 7. The van der Waals surface area contributed by atoms with Crippen LogP contribution in [0.5, 0.6) is 0 Å². The molecule has 19 nitrogen and oxygen atoms in total. The van der Waals surface area contributed by atoms with Gasteiger partial charge in [0.15, 0.2) is 18.5 Å². The molecule has 0 spiro atoms. The van der Waals surface area contributed by atoms with E-state index in [1.54, 1.807) is 42.7 Å². The van der Waals surface area contributed by atoms with Gasteiger partial charge in [-0.25, -0.2) is 22.7 Å². The molecule has 5 rings (SSSR count). The van der Waals surface area contributed by atoms with Gasteiger partial charge in [0.25, 0.3) is 0 Å². The van der Waals surface area contributed by atoms with Gasteiger partial charge < -0.3 is 39.8 Å². The molecule has 2 amide bonds. The minimum absolute atomic E-state index is 0.0525. The highest BCUT2D eigenvalue weighted by Gasteiger charge is 2.49. The highest BCUT2D eigenvalue weighted by molar-refractivity contribution is 7.88. The normalized spacial score (nSPS) is 19.8. The molecule has 0 aromatic carbocycles. The van der Waals surface area contributed by atoms with Crippen molar-refractivity contribution < 1.29 is 49.7 Å². The monoisotopic (exact) mass is 889 g/mol. The fourth-order valence-corrected chi connectivity index (χ4v) is 7.75. The molecule has 2 aliphatic heterocycles. The Hall–Kier alpha value is -3.50. The first kappa shape index (κ1) is 50.9. The van der Waals surface area contributed by atoms with Crippen LogP contribution in [0.25, 0.3) is 0 Å². The van der Waals surface area contributed by atoms with Crippen LogP contribution in [0.1, 0.15) is 88.0 Å². The maximum atomic E-state index is 12.0. The van der Waals surface area contributed by atoms with Crippen LogP contribution in [0.15, 0.2) is 28.9 Å². The van der Waals surface area contributed by atoms with Crippen molar-refractivity contribution in [1.29, 1.82) is 0 Å². The lowest BCUT2D eigenvalue weighted by atomic mass is 10.2.